The highest BCUT2D eigenvalue weighted by Crippen LogP contribution is 2.21. The predicted octanol–water partition coefficient (Wildman–Crippen LogP) is 2.75. The smallest absolute Gasteiger partial charge is 0.0638 e. The normalized spacial score (nSPS) is 15.7. The lowest BCUT2D eigenvalue weighted by atomic mass is 9.96. The summed E-state index contributed by atoms with van der Waals surface area (Å²) in [6.45, 7) is 7.17. The van der Waals surface area contributed by atoms with Crippen molar-refractivity contribution in [2.24, 2.45) is 5.73 Å². The molecule has 2 unspecified atom stereocenters. The van der Waals surface area contributed by atoms with Gasteiger partial charge in [0, 0.05) is 30.6 Å². The van der Waals surface area contributed by atoms with Gasteiger partial charge < -0.3 is 10.5 Å². The van der Waals surface area contributed by atoms with E-state index in [1.807, 2.05) is 11.3 Å². The molecule has 0 spiro atoms. The van der Waals surface area contributed by atoms with E-state index in [-0.39, 0.29) is 5.60 Å². The Morgan fingerprint density at radius 3 is 2.63 bits per heavy atom. The number of likely N-dealkylation sites (N-methyl/N-ethyl adjacent to an activating group) is 1. The molecule has 0 saturated carbocycles. The Balaban J connectivity index is 2.59. The van der Waals surface area contributed by atoms with Crippen LogP contribution >= 0.6 is 11.3 Å². The number of thiophene rings is 1. The highest BCUT2D eigenvalue weighted by molar-refractivity contribution is 7.09. The standard InChI is InChI=1S/C15H28N2OS/c1-12(9-14-7-6-8-19-14)17(4)13(11-16)10-15(2,3)18-5/h6-8,12-13H,9-11,16H2,1-5H3. The van der Waals surface area contributed by atoms with Gasteiger partial charge in [-0.2, -0.15) is 0 Å². The van der Waals surface area contributed by atoms with Gasteiger partial charge in [-0.25, -0.2) is 0 Å². The van der Waals surface area contributed by atoms with Crippen LogP contribution in [0.4, 0.5) is 0 Å². The van der Waals surface area contributed by atoms with E-state index >= 15 is 0 Å². The zero-order chi connectivity index (χ0) is 14.5. The van der Waals surface area contributed by atoms with Gasteiger partial charge in [0.2, 0.25) is 0 Å². The topological polar surface area (TPSA) is 38.5 Å². The molecule has 19 heavy (non-hydrogen) atoms. The van der Waals surface area contributed by atoms with E-state index in [0.717, 1.165) is 12.8 Å². The average molecular weight is 284 g/mol. The molecule has 2 atom stereocenters. The lowest BCUT2D eigenvalue weighted by Crippen LogP contribution is -2.47. The lowest BCUT2D eigenvalue weighted by Gasteiger charge is -2.37. The molecule has 0 aliphatic carbocycles. The Morgan fingerprint density at radius 1 is 1.47 bits per heavy atom. The van der Waals surface area contributed by atoms with Crippen LogP contribution in [0, 0.1) is 0 Å². The number of methoxy groups -OCH3 is 1. The van der Waals surface area contributed by atoms with Crippen LogP contribution in [-0.2, 0) is 11.2 Å². The largest absolute Gasteiger partial charge is 0.379 e. The summed E-state index contributed by atoms with van der Waals surface area (Å²) >= 11 is 1.82. The van der Waals surface area contributed by atoms with Gasteiger partial charge >= 0.3 is 0 Å². The summed E-state index contributed by atoms with van der Waals surface area (Å²) < 4.78 is 5.53. The first-order chi connectivity index (χ1) is 8.89. The third kappa shape index (κ3) is 5.22. The summed E-state index contributed by atoms with van der Waals surface area (Å²) in [5, 5.41) is 2.14. The summed E-state index contributed by atoms with van der Waals surface area (Å²) in [5.74, 6) is 0. The maximum Gasteiger partial charge on any atom is 0.0638 e. The molecule has 0 aliphatic heterocycles. The second kappa shape index (κ2) is 7.39. The molecule has 0 aliphatic rings. The summed E-state index contributed by atoms with van der Waals surface area (Å²) in [6, 6.07) is 5.15. The van der Waals surface area contributed by atoms with E-state index in [0.29, 0.717) is 18.6 Å². The molecule has 110 valence electrons. The van der Waals surface area contributed by atoms with Crippen molar-refractivity contribution in [1.82, 2.24) is 4.90 Å². The first kappa shape index (κ1) is 16.6. The molecule has 0 fully saturated rings. The molecular formula is C15H28N2OS. The first-order valence-corrected chi connectivity index (χ1v) is 7.77. The van der Waals surface area contributed by atoms with E-state index in [4.69, 9.17) is 10.5 Å². The third-order valence-electron chi connectivity index (χ3n) is 3.90. The molecule has 1 aromatic rings. The Morgan fingerprint density at radius 2 is 2.16 bits per heavy atom. The van der Waals surface area contributed by atoms with Crippen LogP contribution in [0.15, 0.2) is 17.5 Å². The van der Waals surface area contributed by atoms with Crippen LogP contribution in [0.25, 0.3) is 0 Å². The van der Waals surface area contributed by atoms with E-state index in [9.17, 15) is 0 Å². The molecule has 0 radical (unpaired) electrons. The van der Waals surface area contributed by atoms with Crippen LogP contribution in [0.2, 0.25) is 0 Å². The Bertz CT molecular complexity index is 351. The van der Waals surface area contributed by atoms with Crippen molar-refractivity contribution in [3.8, 4) is 0 Å². The quantitative estimate of drug-likeness (QED) is 0.798. The summed E-state index contributed by atoms with van der Waals surface area (Å²) in [6.07, 6.45) is 2.03. The highest BCUT2D eigenvalue weighted by atomic mass is 32.1. The number of rotatable bonds is 8. The van der Waals surface area contributed by atoms with Gasteiger partial charge in [-0.05, 0) is 52.1 Å². The highest BCUT2D eigenvalue weighted by Gasteiger charge is 2.27. The molecule has 4 heteroatoms. The van der Waals surface area contributed by atoms with E-state index < -0.39 is 0 Å². The van der Waals surface area contributed by atoms with Crippen molar-refractivity contribution in [2.45, 2.75) is 51.3 Å². The first-order valence-electron chi connectivity index (χ1n) is 6.89. The van der Waals surface area contributed by atoms with E-state index in [1.54, 1.807) is 7.11 Å². The second-order valence-electron chi connectivity index (χ2n) is 5.86. The van der Waals surface area contributed by atoms with Crippen LogP contribution in [-0.4, -0.2) is 43.3 Å². The van der Waals surface area contributed by atoms with Crippen LogP contribution < -0.4 is 5.73 Å². The van der Waals surface area contributed by atoms with Gasteiger partial charge in [0.1, 0.15) is 0 Å². The van der Waals surface area contributed by atoms with Gasteiger partial charge in [0.15, 0.2) is 0 Å². The number of hydrogen-bond acceptors (Lipinski definition) is 4. The number of nitrogens with two attached hydrogens (primary N) is 1. The number of ether oxygens (including phenoxy) is 1. The summed E-state index contributed by atoms with van der Waals surface area (Å²) in [7, 11) is 3.93. The molecule has 0 bridgehead atoms. The third-order valence-corrected chi connectivity index (χ3v) is 4.80. The van der Waals surface area contributed by atoms with Gasteiger partial charge in [-0.1, -0.05) is 6.07 Å². The van der Waals surface area contributed by atoms with Crippen LogP contribution in [0.1, 0.15) is 32.1 Å². The molecule has 3 nitrogen and oxygen atoms in total. The molecule has 2 N–H and O–H groups in total. The van der Waals surface area contributed by atoms with Crippen molar-refractivity contribution < 1.29 is 4.74 Å². The lowest BCUT2D eigenvalue weighted by molar-refractivity contribution is -0.00862. The maximum atomic E-state index is 5.95. The van der Waals surface area contributed by atoms with E-state index in [2.05, 4.69) is 50.2 Å². The summed E-state index contributed by atoms with van der Waals surface area (Å²) in [5.41, 5.74) is 5.83. The minimum atomic E-state index is -0.124. The fourth-order valence-electron chi connectivity index (χ4n) is 2.27. The van der Waals surface area contributed by atoms with Gasteiger partial charge in [-0.3, -0.25) is 4.90 Å². The fraction of sp³-hybridized carbons (Fsp3) is 0.733. The van der Waals surface area contributed by atoms with Crippen molar-refractivity contribution in [3.63, 3.8) is 0 Å². The van der Waals surface area contributed by atoms with Crippen LogP contribution in [0.5, 0.6) is 0 Å². The Labute approximate surface area is 121 Å². The van der Waals surface area contributed by atoms with Crippen molar-refractivity contribution in [3.05, 3.63) is 22.4 Å². The molecule has 0 saturated heterocycles. The minimum Gasteiger partial charge on any atom is -0.379 e. The van der Waals surface area contributed by atoms with E-state index in [1.165, 1.54) is 4.88 Å². The number of hydrogen-bond donors (Lipinski definition) is 1. The molecule has 1 aromatic heterocycles. The monoisotopic (exact) mass is 284 g/mol. The zero-order valence-corrected chi connectivity index (χ0v) is 13.7. The predicted molar refractivity (Wildman–Crippen MR) is 83.8 cm³/mol. The van der Waals surface area contributed by atoms with Crippen molar-refractivity contribution >= 4 is 11.3 Å². The van der Waals surface area contributed by atoms with Gasteiger partial charge in [0.05, 0.1) is 5.60 Å². The van der Waals surface area contributed by atoms with Crippen molar-refractivity contribution in [1.29, 1.82) is 0 Å². The molecular weight excluding hydrogens is 256 g/mol. The number of nitrogens with zero attached hydrogens (tertiary/aromatic N) is 1. The SMILES string of the molecule is COC(C)(C)CC(CN)N(C)C(C)Cc1cccs1. The summed E-state index contributed by atoms with van der Waals surface area (Å²) in [4.78, 5) is 3.82. The Kier molecular flexibility index (Phi) is 6.47. The molecule has 0 aromatic carbocycles. The molecule has 1 rings (SSSR count). The molecule has 1 heterocycles. The second-order valence-corrected chi connectivity index (χ2v) is 6.89. The average Bonchev–Trinajstić information content (AvgIpc) is 2.88. The van der Waals surface area contributed by atoms with Gasteiger partial charge in [0.25, 0.3) is 0 Å². The molecule has 0 amide bonds. The zero-order valence-electron chi connectivity index (χ0n) is 12.8. The minimum absolute atomic E-state index is 0.124. The Hall–Kier alpha value is -0.420. The fourth-order valence-corrected chi connectivity index (χ4v) is 3.09. The van der Waals surface area contributed by atoms with Gasteiger partial charge in [-0.15, -0.1) is 11.3 Å². The van der Waals surface area contributed by atoms with Crippen LogP contribution in [0.3, 0.4) is 0 Å². The maximum absolute atomic E-state index is 5.95. The van der Waals surface area contributed by atoms with Crippen molar-refractivity contribution in [2.75, 3.05) is 20.7 Å².